The first-order chi connectivity index (χ1) is 16.4. The summed E-state index contributed by atoms with van der Waals surface area (Å²) in [6.45, 7) is 10.3. The minimum Gasteiger partial charge on any atom is -0.431 e. The molecule has 2 aromatic heterocycles. The number of para-hydroxylation sites is 1. The van der Waals surface area contributed by atoms with E-state index in [2.05, 4.69) is 43.0 Å². The molecule has 3 rings (SSSR count). The molecule has 35 heavy (non-hydrogen) atoms. The lowest BCUT2D eigenvalue weighted by atomic mass is 10.2. The maximum Gasteiger partial charge on any atom is 0.420 e. The van der Waals surface area contributed by atoms with Gasteiger partial charge in [-0.3, -0.25) is 4.79 Å². The van der Waals surface area contributed by atoms with Crippen LogP contribution in [0.3, 0.4) is 0 Å². The Morgan fingerprint density at radius 3 is 2.49 bits per heavy atom. The van der Waals surface area contributed by atoms with Crippen molar-refractivity contribution in [1.29, 1.82) is 0 Å². The maximum absolute atomic E-state index is 13.2. The molecular formula is C24H28F3N3O2S3. The van der Waals surface area contributed by atoms with E-state index in [1.165, 1.54) is 23.9 Å². The molecule has 0 atom stereocenters. The predicted molar refractivity (Wildman–Crippen MR) is 139 cm³/mol. The average Bonchev–Trinajstić information content (AvgIpc) is 3.15. The second kappa shape index (κ2) is 11.9. The van der Waals surface area contributed by atoms with Crippen molar-refractivity contribution in [3.05, 3.63) is 35.5 Å². The number of hydrogen-bond acceptors (Lipinski definition) is 7. The van der Waals surface area contributed by atoms with E-state index in [0.29, 0.717) is 22.7 Å². The lowest BCUT2D eigenvalue weighted by molar-refractivity contribution is -0.136. The number of carbonyl (C=O) groups is 1. The molecule has 0 spiro atoms. The summed E-state index contributed by atoms with van der Waals surface area (Å²) in [6.07, 6.45) is -3.74. The Bertz CT molecular complexity index is 1150. The highest BCUT2D eigenvalue weighted by Gasteiger charge is 2.34. The van der Waals surface area contributed by atoms with Crippen molar-refractivity contribution in [2.75, 3.05) is 11.1 Å². The molecule has 190 valence electrons. The largest absolute Gasteiger partial charge is 0.431 e. The zero-order chi connectivity index (χ0) is 25.8. The third-order valence-corrected chi connectivity index (χ3v) is 7.48. The molecule has 0 aliphatic rings. The Morgan fingerprint density at radius 1 is 1.11 bits per heavy atom. The smallest absolute Gasteiger partial charge is 0.420 e. The van der Waals surface area contributed by atoms with E-state index < -0.39 is 11.7 Å². The van der Waals surface area contributed by atoms with Crippen LogP contribution in [0.4, 0.5) is 18.9 Å². The molecule has 0 aliphatic carbocycles. The summed E-state index contributed by atoms with van der Waals surface area (Å²) in [6, 6.07) is 5.76. The van der Waals surface area contributed by atoms with Gasteiger partial charge in [0.15, 0.2) is 5.58 Å². The lowest BCUT2D eigenvalue weighted by Gasteiger charge is -2.18. The number of aromatic nitrogens is 2. The van der Waals surface area contributed by atoms with Crippen LogP contribution in [0, 0.1) is 6.92 Å². The molecule has 5 nitrogen and oxygen atoms in total. The number of carbonyl (C=O) groups excluding carboxylic acids is 1. The van der Waals surface area contributed by atoms with E-state index in [-0.39, 0.29) is 28.7 Å². The van der Waals surface area contributed by atoms with Gasteiger partial charge >= 0.3 is 6.18 Å². The molecule has 11 heteroatoms. The monoisotopic (exact) mass is 543 g/mol. The zero-order valence-corrected chi connectivity index (χ0v) is 22.6. The van der Waals surface area contributed by atoms with E-state index >= 15 is 0 Å². The fourth-order valence-electron chi connectivity index (χ4n) is 3.19. The number of rotatable bonds is 10. The summed E-state index contributed by atoms with van der Waals surface area (Å²) in [5.74, 6) is 0.346. The third-order valence-electron chi connectivity index (χ3n) is 4.53. The number of hydrogen-bond donors (Lipinski definition) is 1. The van der Waals surface area contributed by atoms with Gasteiger partial charge in [0, 0.05) is 33.3 Å². The molecule has 1 aromatic carbocycles. The van der Waals surface area contributed by atoms with Gasteiger partial charge in [0.1, 0.15) is 16.1 Å². The van der Waals surface area contributed by atoms with Crippen LogP contribution in [-0.2, 0) is 11.0 Å². The Morgan fingerprint density at radius 2 is 1.83 bits per heavy atom. The van der Waals surface area contributed by atoms with Gasteiger partial charge < -0.3 is 9.73 Å². The van der Waals surface area contributed by atoms with Gasteiger partial charge in [-0.25, -0.2) is 9.97 Å². The second-order valence-electron chi connectivity index (χ2n) is 8.41. The number of pyridine rings is 1. The second-order valence-corrected chi connectivity index (χ2v) is 12.6. The van der Waals surface area contributed by atoms with Crippen molar-refractivity contribution >= 4 is 58.0 Å². The van der Waals surface area contributed by atoms with Crippen LogP contribution in [0.2, 0.25) is 0 Å². The van der Waals surface area contributed by atoms with Crippen molar-refractivity contribution in [1.82, 2.24) is 9.97 Å². The molecule has 0 radical (unpaired) electrons. The molecule has 1 amide bonds. The molecule has 0 saturated heterocycles. The quantitative estimate of drug-likeness (QED) is 0.205. The van der Waals surface area contributed by atoms with Crippen LogP contribution in [0.15, 0.2) is 43.8 Å². The first-order valence-electron chi connectivity index (χ1n) is 11.2. The number of fused-ring (bicyclic) bond motifs is 1. The Balaban J connectivity index is 1.63. The summed E-state index contributed by atoms with van der Waals surface area (Å²) < 4.78 is 44.9. The Labute approximate surface area is 215 Å². The first-order valence-corrected chi connectivity index (χ1v) is 13.9. The van der Waals surface area contributed by atoms with Crippen molar-refractivity contribution < 1.29 is 22.4 Å². The molecule has 3 aromatic rings. The molecule has 0 unspecified atom stereocenters. The molecule has 0 bridgehead atoms. The number of nitrogens with one attached hydrogen (secondary N) is 1. The Hall–Kier alpha value is -1.85. The van der Waals surface area contributed by atoms with E-state index in [0.717, 1.165) is 27.4 Å². The fourth-order valence-corrected chi connectivity index (χ4v) is 5.96. The van der Waals surface area contributed by atoms with Crippen molar-refractivity contribution in [3.8, 4) is 0 Å². The van der Waals surface area contributed by atoms with Gasteiger partial charge in [0.05, 0.1) is 5.69 Å². The minimum atomic E-state index is -4.51. The predicted octanol–water partition coefficient (Wildman–Crippen LogP) is 8.06. The number of benzene rings is 1. The minimum absolute atomic E-state index is 0.135. The van der Waals surface area contributed by atoms with Crippen LogP contribution in [0.25, 0.3) is 11.1 Å². The SMILES string of the molecule is Cc1cc(SC(C)C)c(NC(=O)CCCSc2nc3cccc(C(F)(F)F)c3o2)c(SC(C)C)n1. The summed E-state index contributed by atoms with van der Waals surface area (Å²) >= 11 is 4.48. The van der Waals surface area contributed by atoms with Crippen molar-refractivity contribution in [2.45, 2.75) is 79.3 Å². The first kappa shape index (κ1) is 27.7. The third kappa shape index (κ3) is 7.82. The van der Waals surface area contributed by atoms with Crippen molar-refractivity contribution in [3.63, 3.8) is 0 Å². The number of anilines is 1. The van der Waals surface area contributed by atoms with Crippen LogP contribution in [0.5, 0.6) is 0 Å². The van der Waals surface area contributed by atoms with Crippen LogP contribution in [0.1, 0.15) is 51.8 Å². The number of thioether (sulfide) groups is 3. The average molecular weight is 544 g/mol. The highest BCUT2D eigenvalue weighted by molar-refractivity contribution is 8.01. The van der Waals surface area contributed by atoms with Gasteiger partial charge in [-0.15, -0.1) is 23.5 Å². The van der Waals surface area contributed by atoms with Crippen LogP contribution < -0.4 is 5.32 Å². The van der Waals surface area contributed by atoms with Crippen LogP contribution >= 0.6 is 35.3 Å². The summed E-state index contributed by atoms with van der Waals surface area (Å²) in [5, 5.41) is 4.66. The highest BCUT2D eigenvalue weighted by Crippen LogP contribution is 2.39. The number of halogens is 3. The van der Waals surface area contributed by atoms with E-state index in [1.807, 2.05) is 13.0 Å². The number of oxazole rings is 1. The summed E-state index contributed by atoms with van der Waals surface area (Å²) in [4.78, 5) is 22.5. The topological polar surface area (TPSA) is 68.0 Å². The van der Waals surface area contributed by atoms with Crippen molar-refractivity contribution in [2.24, 2.45) is 0 Å². The normalized spacial score (nSPS) is 12.2. The number of amides is 1. The Kier molecular flexibility index (Phi) is 9.45. The maximum atomic E-state index is 13.2. The van der Waals surface area contributed by atoms with E-state index in [4.69, 9.17) is 4.42 Å². The molecule has 1 N–H and O–H groups in total. The molecular weight excluding hydrogens is 515 g/mol. The molecule has 2 heterocycles. The molecule has 0 saturated carbocycles. The lowest BCUT2D eigenvalue weighted by Crippen LogP contribution is -2.14. The number of aryl methyl sites for hydroxylation is 1. The van der Waals surface area contributed by atoms with Gasteiger partial charge in [-0.05, 0) is 31.5 Å². The standard InChI is InChI=1S/C24H28F3N3O2S3/c1-13(2)34-18-12-15(5)28-22(35-14(3)4)20(18)30-19(31)10-7-11-33-23-29-17-9-6-8-16(21(17)32-23)24(25,26)27/h6,8-9,12-14H,7,10-11H2,1-5H3,(H,30,31). The van der Waals surface area contributed by atoms with Crippen LogP contribution in [-0.4, -0.2) is 32.1 Å². The summed E-state index contributed by atoms with van der Waals surface area (Å²) in [7, 11) is 0. The van der Waals surface area contributed by atoms with Gasteiger partial charge in [-0.2, -0.15) is 13.2 Å². The zero-order valence-electron chi connectivity index (χ0n) is 20.2. The van der Waals surface area contributed by atoms with E-state index in [9.17, 15) is 18.0 Å². The number of alkyl halides is 3. The van der Waals surface area contributed by atoms with Gasteiger partial charge in [0.25, 0.3) is 5.22 Å². The fraction of sp³-hybridized carbons (Fsp3) is 0.458. The highest BCUT2D eigenvalue weighted by atomic mass is 32.2. The van der Waals surface area contributed by atoms with E-state index in [1.54, 1.807) is 23.5 Å². The van der Waals surface area contributed by atoms with Gasteiger partial charge in [0.2, 0.25) is 5.91 Å². The number of nitrogens with zero attached hydrogens (tertiary/aromatic N) is 2. The summed E-state index contributed by atoms with van der Waals surface area (Å²) in [5.41, 5.74) is 0.697. The van der Waals surface area contributed by atoms with Gasteiger partial charge in [-0.1, -0.05) is 45.5 Å². The molecule has 0 aliphatic heterocycles. The molecule has 0 fully saturated rings.